The van der Waals surface area contributed by atoms with Gasteiger partial charge in [0, 0.05) is 13.0 Å². The molecule has 1 aliphatic rings. The minimum atomic E-state index is -0.846. The zero-order valence-electron chi connectivity index (χ0n) is 12.2. The minimum Gasteiger partial charge on any atom is -0.481 e. The van der Waals surface area contributed by atoms with Crippen LogP contribution in [0.3, 0.4) is 0 Å². The van der Waals surface area contributed by atoms with Crippen LogP contribution in [0.5, 0.6) is 0 Å². The van der Waals surface area contributed by atoms with Gasteiger partial charge in [-0.3, -0.25) is 9.59 Å². The van der Waals surface area contributed by atoms with Crippen molar-refractivity contribution in [1.29, 1.82) is 0 Å². The van der Waals surface area contributed by atoms with E-state index in [1.807, 2.05) is 18.2 Å². The highest BCUT2D eigenvalue weighted by Crippen LogP contribution is 2.29. The summed E-state index contributed by atoms with van der Waals surface area (Å²) in [6.45, 7) is 2.81. The van der Waals surface area contributed by atoms with E-state index in [0.717, 1.165) is 12.0 Å². The largest absolute Gasteiger partial charge is 0.481 e. The zero-order valence-corrected chi connectivity index (χ0v) is 12.2. The average molecular weight is 291 g/mol. The second-order valence-electron chi connectivity index (χ2n) is 5.52. The van der Waals surface area contributed by atoms with Gasteiger partial charge < -0.3 is 15.2 Å². The standard InChI is InChI=1S/C16H21NO4/c1-11(8-16(19)20)10-17-15(18)9-14-13-5-3-2-4-12(13)6-7-21-14/h2-5,11,14H,6-10H2,1H3,(H,17,18)(H,19,20). The molecule has 0 spiro atoms. The van der Waals surface area contributed by atoms with Crippen LogP contribution in [0.2, 0.25) is 0 Å². The molecule has 0 aliphatic carbocycles. The number of carbonyl (C=O) groups is 2. The highest BCUT2D eigenvalue weighted by molar-refractivity contribution is 5.77. The van der Waals surface area contributed by atoms with Crippen molar-refractivity contribution >= 4 is 11.9 Å². The summed E-state index contributed by atoms with van der Waals surface area (Å²) >= 11 is 0. The Balaban J connectivity index is 1.85. The van der Waals surface area contributed by atoms with Crippen LogP contribution < -0.4 is 5.32 Å². The van der Waals surface area contributed by atoms with Crippen LogP contribution >= 0.6 is 0 Å². The molecule has 1 amide bonds. The molecule has 2 rings (SSSR count). The lowest BCUT2D eigenvalue weighted by Crippen LogP contribution is -2.31. The van der Waals surface area contributed by atoms with Crippen molar-refractivity contribution in [1.82, 2.24) is 5.32 Å². The van der Waals surface area contributed by atoms with Crippen molar-refractivity contribution in [3.05, 3.63) is 35.4 Å². The van der Waals surface area contributed by atoms with Crippen LogP contribution in [-0.2, 0) is 20.7 Å². The summed E-state index contributed by atoms with van der Waals surface area (Å²) in [6.07, 6.45) is 1.01. The number of carboxylic acids is 1. The highest BCUT2D eigenvalue weighted by Gasteiger charge is 2.23. The first-order valence-electron chi connectivity index (χ1n) is 7.24. The summed E-state index contributed by atoms with van der Waals surface area (Å²) in [5.74, 6) is -1.03. The smallest absolute Gasteiger partial charge is 0.303 e. The van der Waals surface area contributed by atoms with Gasteiger partial charge in [0.05, 0.1) is 19.1 Å². The summed E-state index contributed by atoms with van der Waals surface area (Å²) in [5.41, 5.74) is 2.32. The lowest BCUT2D eigenvalue weighted by Gasteiger charge is -2.25. The summed E-state index contributed by atoms with van der Waals surface area (Å²) in [6, 6.07) is 8.01. The molecule has 0 radical (unpaired) electrons. The van der Waals surface area contributed by atoms with Crippen LogP contribution in [-0.4, -0.2) is 30.1 Å². The number of hydrogen-bond donors (Lipinski definition) is 2. The summed E-state index contributed by atoms with van der Waals surface area (Å²) < 4.78 is 5.69. The third-order valence-corrected chi connectivity index (χ3v) is 3.63. The van der Waals surface area contributed by atoms with Crippen molar-refractivity contribution in [2.75, 3.05) is 13.2 Å². The van der Waals surface area contributed by atoms with Crippen molar-refractivity contribution in [3.8, 4) is 0 Å². The maximum atomic E-state index is 12.0. The highest BCUT2D eigenvalue weighted by atomic mass is 16.5. The fraction of sp³-hybridized carbons (Fsp3) is 0.500. The lowest BCUT2D eigenvalue weighted by molar-refractivity contribution is -0.138. The summed E-state index contributed by atoms with van der Waals surface area (Å²) in [5, 5.41) is 11.5. The molecule has 5 nitrogen and oxygen atoms in total. The van der Waals surface area contributed by atoms with Crippen molar-refractivity contribution in [2.24, 2.45) is 5.92 Å². The first-order valence-corrected chi connectivity index (χ1v) is 7.24. The third kappa shape index (κ3) is 4.56. The Hall–Kier alpha value is -1.88. The van der Waals surface area contributed by atoms with E-state index in [4.69, 9.17) is 9.84 Å². The average Bonchev–Trinajstić information content (AvgIpc) is 2.45. The second-order valence-corrected chi connectivity index (χ2v) is 5.52. The predicted molar refractivity (Wildman–Crippen MR) is 77.9 cm³/mol. The van der Waals surface area contributed by atoms with E-state index in [1.54, 1.807) is 6.92 Å². The van der Waals surface area contributed by atoms with E-state index in [-0.39, 0.29) is 30.8 Å². The molecule has 0 saturated carbocycles. The monoisotopic (exact) mass is 291 g/mol. The molecule has 2 atom stereocenters. The van der Waals surface area contributed by atoms with E-state index in [1.165, 1.54) is 5.56 Å². The van der Waals surface area contributed by atoms with Crippen molar-refractivity contribution < 1.29 is 19.4 Å². The maximum Gasteiger partial charge on any atom is 0.303 e. The van der Waals surface area contributed by atoms with Crippen LogP contribution in [0.1, 0.15) is 37.0 Å². The molecule has 1 aromatic rings. The fourth-order valence-corrected chi connectivity index (χ4v) is 2.54. The Kier molecular flexibility index (Phi) is 5.33. The SMILES string of the molecule is CC(CNC(=O)CC1OCCc2ccccc21)CC(=O)O. The number of aliphatic carboxylic acids is 1. The van der Waals surface area contributed by atoms with E-state index >= 15 is 0 Å². The number of carbonyl (C=O) groups excluding carboxylic acids is 1. The minimum absolute atomic E-state index is 0.0586. The third-order valence-electron chi connectivity index (χ3n) is 3.63. The molecule has 0 aromatic heterocycles. The number of amides is 1. The molecule has 0 bridgehead atoms. The molecule has 0 fully saturated rings. The molecule has 2 N–H and O–H groups in total. The number of carboxylic acid groups (broad SMARTS) is 1. The number of ether oxygens (including phenoxy) is 1. The molecule has 1 aliphatic heterocycles. The van der Waals surface area contributed by atoms with Crippen LogP contribution in [0, 0.1) is 5.92 Å². The van der Waals surface area contributed by atoms with E-state index < -0.39 is 5.97 Å². The number of fused-ring (bicyclic) bond motifs is 1. The van der Waals surface area contributed by atoms with Gasteiger partial charge in [0.1, 0.15) is 0 Å². The van der Waals surface area contributed by atoms with Crippen LogP contribution in [0.4, 0.5) is 0 Å². The zero-order chi connectivity index (χ0) is 15.2. The van der Waals surface area contributed by atoms with E-state index in [9.17, 15) is 9.59 Å². The second kappa shape index (κ2) is 7.22. The molecule has 5 heteroatoms. The molecule has 1 heterocycles. The molecule has 114 valence electrons. The molecule has 21 heavy (non-hydrogen) atoms. The summed E-state index contributed by atoms with van der Waals surface area (Å²) in [7, 11) is 0. The number of hydrogen-bond acceptors (Lipinski definition) is 3. The van der Waals surface area contributed by atoms with Gasteiger partial charge in [-0.2, -0.15) is 0 Å². The molecule has 1 aromatic carbocycles. The Morgan fingerprint density at radius 1 is 1.43 bits per heavy atom. The van der Waals surface area contributed by atoms with Crippen LogP contribution in [0.15, 0.2) is 24.3 Å². The van der Waals surface area contributed by atoms with E-state index in [2.05, 4.69) is 11.4 Å². The topological polar surface area (TPSA) is 75.6 Å². The van der Waals surface area contributed by atoms with Gasteiger partial charge in [0.25, 0.3) is 0 Å². The molecule has 2 unspecified atom stereocenters. The molecular weight excluding hydrogens is 270 g/mol. The van der Waals surface area contributed by atoms with Gasteiger partial charge in [-0.1, -0.05) is 31.2 Å². The number of benzene rings is 1. The maximum absolute atomic E-state index is 12.0. The van der Waals surface area contributed by atoms with Gasteiger partial charge in [-0.25, -0.2) is 0 Å². The van der Waals surface area contributed by atoms with Crippen LogP contribution in [0.25, 0.3) is 0 Å². The lowest BCUT2D eigenvalue weighted by atomic mass is 9.95. The van der Waals surface area contributed by atoms with Crippen molar-refractivity contribution in [2.45, 2.75) is 32.3 Å². The predicted octanol–water partition coefficient (Wildman–Crippen LogP) is 1.92. The Bertz CT molecular complexity index is 515. The Morgan fingerprint density at radius 3 is 2.95 bits per heavy atom. The van der Waals surface area contributed by atoms with Gasteiger partial charge >= 0.3 is 5.97 Å². The Labute approximate surface area is 124 Å². The van der Waals surface area contributed by atoms with Crippen molar-refractivity contribution in [3.63, 3.8) is 0 Å². The molecule has 0 saturated heterocycles. The van der Waals surface area contributed by atoms with Gasteiger partial charge in [0.15, 0.2) is 0 Å². The Morgan fingerprint density at radius 2 is 2.19 bits per heavy atom. The summed E-state index contributed by atoms with van der Waals surface area (Å²) in [4.78, 5) is 22.5. The van der Waals surface area contributed by atoms with Gasteiger partial charge in [-0.15, -0.1) is 0 Å². The first kappa shape index (κ1) is 15.5. The van der Waals surface area contributed by atoms with Gasteiger partial charge in [0.2, 0.25) is 5.91 Å². The number of rotatable bonds is 6. The number of nitrogens with one attached hydrogen (secondary N) is 1. The normalized spacial score (nSPS) is 18.6. The van der Waals surface area contributed by atoms with E-state index in [0.29, 0.717) is 13.2 Å². The fourth-order valence-electron chi connectivity index (χ4n) is 2.54. The molecular formula is C16H21NO4. The quantitative estimate of drug-likeness (QED) is 0.839. The first-order chi connectivity index (χ1) is 10.1. The van der Waals surface area contributed by atoms with Gasteiger partial charge in [-0.05, 0) is 23.5 Å².